The van der Waals surface area contributed by atoms with Gasteiger partial charge in [-0.3, -0.25) is 6.08 Å². The van der Waals surface area contributed by atoms with Crippen LogP contribution in [0, 0.1) is 33.8 Å². The Morgan fingerprint density at radius 2 is 0.933 bits per heavy atom. The van der Waals surface area contributed by atoms with E-state index in [2.05, 4.69) is 148 Å². The predicted molar refractivity (Wildman–Crippen MR) is 186 cm³/mol. The Labute approximate surface area is 303 Å². The van der Waals surface area contributed by atoms with E-state index in [0.717, 1.165) is 6.42 Å². The van der Waals surface area contributed by atoms with Crippen molar-refractivity contribution in [3.8, 4) is 22.3 Å². The molecule has 0 N–H and O–H groups in total. The summed E-state index contributed by atoms with van der Waals surface area (Å²) in [5.41, 5.74) is 13.5. The molecule has 0 atom stereocenters. The van der Waals surface area contributed by atoms with E-state index in [1.807, 2.05) is 12.2 Å². The first-order valence-electron chi connectivity index (χ1n) is 15.3. The molecule has 5 aromatic rings. The van der Waals surface area contributed by atoms with Gasteiger partial charge in [0.15, 0.2) is 0 Å². The van der Waals surface area contributed by atoms with E-state index >= 15 is 0 Å². The smallest absolute Gasteiger partial charge is 1.00 e. The van der Waals surface area contributed by atoms with Crippen LogP contribution < -0.4 is 24.8 Å². The molecule has 5 aromatic carbocycles. The van der Waals surface area contributed by atoms with E-state index in [1.54, 1.807) is 0 Å². The Hall–Kier alpha value is -2.31. The number of hydrogen-bond donors (Lipinski definition) is 0. The average Bonchev–Trinajstić information content (AvgIpc) is 3.56. The fourth-order valence-electron chi connectivity index (χ4n) is 6.42. The van der Waals surface area contributed by atoms with E-state index in [4.69, 9.17) is 0 Å². The Morgan fingerprint density at radius 3 is 1.20 bits per heavy atom. The van der Waals surface area contributed by atoms with Crippen LogP contribution in [0.25, 0.3) is 43.8 Å². The van der Waals surface area contributed by atoms with Crippen LogP contribution in [0.15, 0.2) is 85.0 Å². The van der Waals surface area contributed by atoms with Gasteiger partial charge in [-0.2, -0.15) is 6.08 Å². The van der Waals surface area contributed by atoms with Crippen LogP contribution in [-0.4, -0.2) is 0 Å². The van der Waals surface area contributed by atoms with Gasteiger partial charge in [-0.1, -0.05) is 112 Å². The first kappa shape index (κ1) is 38.9. The molecule has 45 heavy (non-hydrogen) atoms. The first-order chi connectivity index (χ1) is 19.7. The third-order valence-corrected chi connectivity index (χ3v) is 8.25. The maximum Gasteiger partial charge on any atom is 4.00 e. The van der Waals surface area contributed by atoms with E-state index in [0.29, 0.717) is 0 Å². The van der Waals surface area contributed by atoms with Gasteiger partial charge >= 0.3 is 26.2 Å². The van der Waals surface area contributed by atoms with Crippen molar-refractivity contribution in [1.29, 1.82) is 0 Å². The van der Waals surface area contributed by atoms with E-state index in [-0.39, 0.29) is 61.8 Å². The average molecular weight is 713 g/mol. The molecule has 0 amide bonds. The fourth-order valence-corrected chi connectivity index (χ4v) is 6.42. The maximum atomic E-state index is 2.99. The van der Waals surface area contributed by atoms with E-state index < -0.39 is 0 Å². The molecule has 0 unspecified atom stereocenters. The van der Waals surface area contributed by atoms with Gasteiger partial charge in [0, 0.05) is 0 Å². The number of rotatable bonds is 2. The third kappa shape index (κ3) is 8.74. The van der Waals surface area contributed by atoms with Crippen molar-refractivity contribution in [2.45, 2.75) is 86.5 Å². The second-order valence-corrected chi connectivity index (χ2v) is 14.4. The number of benzene rings is 4. The molecule has 0 aromatic heterocycles. The standard InChI is InChI=1S/C37H41.C5H5.2ClH.Zr/c1-22-11-23(2)14-26(13-22)32-18-28-17-29-19-33(27-15-24(3)12-25(4)16-27)35(37(8,9)10)21-31(29)30(28)20-34(32)36(5,6)7;1-2-4-5-3-1;;;/h11-21H,1-10H3;1-3H,4H2;2*1H;/q2*-1;;;+4/p-2. The van der Waals surface area contributed by atoms with Gasteiger partial charge in [-0.05, 0) is 71.9 Å². The van der Waals surface area contributed by atoms with Crippen molar-refractivity contribution in [1.82, 2.24) is 0 Å². The topological polar surface area (TPSA) is 0 Å². The van der Waals surface area contributed by atoms with Gasteiger partial charge in [0.1, 0.15) is 0 Å². The molecule has 0 nitrogen and oxygen atoms in total. The number of aryl methyl sites for hydroxylation is 4. The summed E-state index contributed by atoms with van der Waals surface area (Å²) in [6.45, 7) is 22.8. The molecular formula is C42H46Cl2Zr. The monoisotopic (exact) mass is 710 g/mol. The minimum Gasteiger partial charge on any atom is -1.00 e. The Balaban J connectivity index is 0.000000805. The zero-order valence-corrected chi connectivity index (χ0v) is 32.5. The summed E-state index contributed by atoms with van der Waals surface area (Å²) >= 11 is 0. The number of allylic oxidation sites excluding steroid dienone is 4. The summed E-state index contributed by atoms with van der Waals surface area (Å²) in [7, 11) is 0. The van der Waals surface area contributed by atoms with Crippen molar-refractivity contribution in [3.05, 3.63) is 124 Å². The van der Waals surface area contributed by atoms with Crippen LogP contribution in [0.4, 0.5) is 0 Å². The van der Waals surface area contributed by atoms with Crippen LogP contribution in [0.3, 0.4) is 0 Å². The second kappa shape index (κ2) is 15.1. The molecule has 0 heterocycles. The molecule has 0 aliphatic heterocycles. The molecule has 0 fully saturated rings. The number of halogens is 2. The molecule has 0 saturated carbocycles. The quantitative estimate of drug-likeness (QED) is 0.192. The SMILES string of the molecule is Cc1cc(C)cc(-c2cc3[cH-]c4cc(-c5cc(C)cc(C)c5)c(C(C)(C)C)cc4c3cc2C(C)(C)C)c1.[C-]1=CC=CC1.[Cl-].[Cl-].[Zr+4]. The molecule has 0 spiro atoms. The summed E-state index contributed by atoms with van der Waals surface area (Å²) in [5, 5.41) is 5.39. The van der Waals surface area contributed by atoms with Gasteiger partial charge < -0.3 is 24.8 Å². The second-order valence-electron chi connectivity index (χ2n) is 14.4. The zero-order chi connectivity index (χ0) is 30.4. The van der Waals surface area contributed by atoms with E-state index in [9.17, 15) is 0 Å². The Kier molecular flexibility index (Phi) is 13.0. The van der Waals surface area contributed by atoms with Crippen LogP contribution >= 0.6 is 0 Å². The summed E-state index contributed by atoms with van der Waals surface area (Å²) < 4.78 is 0. The summed E-state index contributed by atoms with van der Waals surface area (Å²) in [4.78, 5) is 0. The Morgan fingerprint density at radius 1 is 0.556 bits per heavy atom. The molecule has 0 saturated heterocycles. The molecular weight excluding hydrogens is 667 g/mol. The van der Waals surface area contributed by atoms with Gasteiger partial charge in [0.25, 0.3) is 0 Å². The zero-order valence-electron chi connectivity index (χ0n) is 28.5. The van der Waals surface area contributed by atoms with Crippen LogP contribution in [-0.2, 0) is 37.0 Å². The van der Waals surface area contributed by atoms with Gasteiger partial charge in [-0.15, -0.1) is 46.2 Å². The maximum absolute atomic E-state index is 2.99. The van der Waals surface area contributed by atoms with Crippen LogP contribution in [0.1, 0.15) is 81.3 Å². The van der Waals surface area contributed by atoms with Crippen molar-refractivity contribution >= 4 is 21.5 Å². The molecule has 1 aliphatic carbocycles. The predicted octanol–water partition coefficient (Wildman–Crippen LogP) is 6.19. The molecule has 0 radical (unpaired) electrons. The van der Waals surface area contributed by atoms with E-state index in [1.165, 1.54) is 77.2 Å². The van der Waals surface area contributed by atoms with Crippen molar-refractivity contribution in [2.24, 2.45) is 0 Å². The van der Waals surface area contributed by atoms with Crippen molar-refractivity contribution in [3.63, 3.8) is 0 Å². The number of fused-ring (bicyclic) bond motifs is 3. The van der Waals surface area contributed by atoms with Crippen LogP contribution in [0.5, 0.6) is 0 Å². The molecule has 1 aliphatic rings. The summed E-state index contributed by atoms with van der Waals surface area (Å²) in [6, 6.07) is 26.1. The molecule has 3 heteroatoms. The third-order valence-electron chi connectivity index (χ3n) is 8.25. The van der Waals surface area contributed by atoms with Crippen LogP contribution in [0.2, 0.25) is 0 Å². The summed E-state index contributed by atoms with van der Waals surface area (Å²) in [5.74, 6) is 0. The number of hydrogen-bond acceptors (Lipinski definition) is 0. The van der Waals surface area contributed by atoms with Crippen molar-refractivity contribution in [2.75, 3.05) is 0 Å². The molecule has 0 bridgehead atoms. The minimum absolute atomic E-state index is 0. The largest absolute Gasteiger partial charge is 4.00 e. The fraction of sp³-hybridized carbons (Fsp3) is 0.310. The first-order valence-corrected chi connectivity index (χ1v) is 15.3. The Bertz CT molecular complexity index is 1680. The normalized spacial score (nSPS) is 12.3. The van der Waals surface area contributed by atoms with Gasteiger partial charge in [-0.25, -0.2) is 12.2 Å². The van der Waals surface area contributed by atoms with Gasteiger partial charge in [0.05, 0.1) is 0 Å². The minimum atomic E-state index is 0. The van der Waals surface area contributed by atoms with Crippen molar-refractivity contribution < 1.29 is 51.0 Å². The van der Waals surface area contributed by atoms with Gasteiger partial charge in [0.2, 0.25) is 0 Å². The molecule has 6 rings (SSSR count). The summed E-state index contributed by atoms with van der Waals surface area (Å²) in [6.07, 6.45) is 10.0. The molecule has 232 valence electrons.